The van der Waals surface area contributed by atoms with E-state index in [0.29, 0.717) is 29.9 Å². The first-order valence-corrected chi connectivity index (χ1v) is 8.92. The first-order chi connectivity index (χ1) is 12.6. The van der Waals surface area contributed by atoms with Crippen molar-refractivity contribution in [1.29, 1.82) is 0 Å². The van der Waals surface area contributed by atoms with Crippen molar-refractivity contribution < 1.29 is 9.59 Å². The molecular formula is C20H26N4O2. The molecule has 2 aromatic rings. The highest BCUT2D eigenvalue weighted by Gasteiger charge is 2.09. The number of nitrogens with one attached hydrogen (secondary N) is 2. The molecule has 0 bridgehead atoms. The maximum Gasteiger partial charge on any atom is 0.255 e. The Morgan fingerprint density at radius 3 is 2.46 bits per heavy atom. The van der Waals surface area contributed by atoms with Crippen LogP contribution in [0, 0.1) is 6.92 Å². The monoisotopic (exact) mass is 354 g/mol. The lowest BCUT2D eigenvalue weighted by atomic mass is 10.1. The number of nitrogens with zero attached hydrogens (tertiary/aromatic N) is 1. The van der Waals surface area contributed by atoms with Crippen LogP contribution in [0.15, 0.2) is 42.7 Å². The second-order valence-corrected chi connectivity index (χ2v) is 6.22. The van der Waals surface area contributed by atoms with Crippen molar-refractivity contribution in [3.05, 3.63) is 53.9 Å². The standard InChI is InChI=1S/C20H26N4O2/c1-15-7-8-17(23-19(25)6-4-2-3-5-11-21)14-18(15)24-20(26)16-9-12-22-13-10-16/h7-10,12-14H,2-6,11,21H2,1H3,(H,23,25)(H,24,26). The van der Waals surface area contributed by atoms with E-state index in [-0.39, 0.29) is 11.8 Å². The number of anilines is 2. The number of hydrogen-bond donors (Lipinski definition) is 3. The quantitative estimate of drug-likeness (QED) is 0.601. The van der Waals surface area contributed by atoms with Gasteiger partial charge in [0.25, 0.3) is 5.91 Å². The predicted molar refractivity (Wildman–Crippen MR) is 104 cm³/mol. The largest absolute Gasteiger partial charge is 0.330 e. The summed E-state index contributed by atoms with van der Waals surface area (Å²) in [6.45, 7) is 2.61. The highest BCUT2D eigenvalue weighted by molar-refractivity contribution is 6.05. The number of amides is 2. The summed E-state index contributed by atoms with van der Waals surface area (Å²) in [5.74, 6) is -0.230. The molecule has 6 nitrogen and oxygen atoms in total. The zero-order valence-corrected chi connectivity index (χ0v) is 15.1. The molecule has 0 saturated heterocycles. The minimum Gasteiger partial charge on any atom is -0.330 e. The van der Waals surface area contributed by atoms with Crippen LogP contribution in [-0.4, -0.2) is 23.3 Å². The van der Waals surface area contributed by atoms with Gasteiger partial charge in [-0.05, 0) is 56.1 Å². The Hall–Kier alpha value is -2.73. The molecule has 6 heteroatoms. The number of benzene rings is 1. The fraction of sp³-hybridized carbons (Fsp3) is 0.350. The molecule has 0 fully saturated rings. The fourth-order valence-electron chi connectivity index (χ4n) is 2.54. The smallest absolute Gasteiger partial charge is 0.255 e. The predicted octanol–water partition coefficient (Wildman–Crippen LogP) is 3.49. The Bertz CT molecular complexity index is 732. The summed E-state index contributed by atoms with van der Waals surface area (Å²) in [6.07, 6.45) is 7.55. The minimum atomic E-state index is -0.209. The number of nitrogens with two attached hydrogens (primary N) is 1. The molecule has 0 aliphatic rings. The van der Waals surface area contributed by atoms with Gasteiger partial charge in [-0.25, -0.2) is 0 Å². The van der Waals surface area contributed by atoms with Gasteiger partial charge in [-0.2, -0.15) is 0 Å². The van der Waals surface area contributed by atoms with Crippen molar-refractivity contribution in [2.45, 2.75) is 39.0 Å². The van der Waals surface area contributed by atoms with Gasteiger partial charge in [-0.1, -0.05) is 18.9 Å². The van der Waals surface area contributed by atoms with Crippen LogP contribution in [0.5, 0.6) is 0 Å². The van der Waals surface area contributed by atoms with Crippen LogP contribution in [-0.2, 0) is 4.79 Å². The highest BCUT2D eigenvalue weighted by atomic mass is 16.2. The molecule has 0 atom stereocenters. The summed E-state index contributed by atoms with van der Waals surface area (Å²) >= 11 is 0. The lowest BCUT2D eigenvalue weighted by Crippen LogP contribution is -2.14. The Labute approximate surface area is 154 Å². The normalized spacial score (nSPS) is 10.4. The van der Waals surface area contributed by atoms with Crippen LogP contribution in [0.3, 0.4) is 0 Å². The molecule has 0 spiro atoms. The first kappa shape index (κ1) is 19.6. The van der Waals surface area contributed by atoms with Gasteiger partial charge in [0.15, 0.2) is 0 Å². The van der Waals surface area contributed by atoms with Crippen molar-refractivity contribution in [2.24, 2.45) is 5.73 Å². The van der Waals surface area contributed by atoms with Crippen molar-refractivity contribution >= 4 is 23.2 Å². The number of unbranched alkanes of at least 4 members (excludes halogenated alkanes) is 3. The first-order valence-electron chi connectivity index (χ1n) is 8.92. The molecule has 138 valence electrons. The summed E-state index contributed by atoms with van der Waals surface area (Å²) in [5.41, 5.74) is 8.26. The van der Waals surface area contributed by atoms with Gasteiger partial charge in [0.1, 0.15) is 0 Å². The molecule has 0 aliphatic carbocycles. The summed E-state index contributed by atoms with van der Waals surface area (Å²) in [5, 5.41) is 5.77. The number of aromatic nitrogens is 1. The van der Waals surface area contributed by atoms with E-state index in [1.807, 2.05) is 19.1 Å². The van der Waals surface area contributed by atoms with Crippen molar-refractivity contribution in [1.82, 2.24) is 4.98 Å². The maximum atomic E-state index is 12.3. The molecule has 0 unspecified atom stereocenters. The van der Waals surface area contributed by atoms with Crippen LogP contribution >= 0.6 is 0 Å². The Morgan fingerprint density at radius 1 is 1.00 bits per heavy atom. The van der Waals surface area contributed by atoms with E-state index in [0.717, 1.165) is 31.2 Å². The van der Waals surface area contributed by atoms with E-state index in [1.54, 1.807) is 30.6 Å². The SMILES string of the molecule is Cc1ccc(NC(=O)CCCCCCN)cc1NC(=O)c1ccncc1. The topological polar surface area (TPSA) is 97.1 Å². The summed E-state index contributed by atoms with van der Waals surface area (Å²) in [6, 6.07) is 8.80. The third-order valence-corrected chi connectivity index (χ3v) is 4.07. The minimum absolute atomic E-state index is 0.0204. The van der Waals surface area contributed by atoms with Gasteiger partial charge >= 0.3 is 0 Å². The van der Waals surface area contributed by atoms with E-state index in [4.69, 9.17) is 5.73 Å². The van der Waals surface area contributed by atoms with Crippen LogP contribution in [0.25, 0.3) is 0 Å². The van der Waals surface area contributed by atoms with Crippen molar-refractivity contribution in [3.63, 3.8) is 0 Å². The number of aryl methyl sites for hydroxylation is 1. The van der Waals surface area contributed by atoms with Crippen LogP contribution in [0.2, 0.25) is 0 Å². The number of rotatable bonds is 9. The fourth-order valence-corrected chi connectivity index (χ4v) is 2.54. The highest BCUT2D eigenvalue weighted by Crippen LogP contribution is 2.21. The van der Waals surface area contributed by atoms with Gasteiger partial charge in [0.2, 0.25) is 5.91 Å². The Kier molecular flexibility index (Phi) is 7.76. The summed E-state index contributed by atoms with van der Waals surface area (Å²) in [4.78, 5) is 28.3. The molecule has 1 heterocycles. The molecule has 4 N–H and O–H groups in total. The molecule has 26 heavy (non-hydrogen) atoms. The van der Waals surface area contributed by atoms with Gasteiger partial charge in [0, 0.05) is 35.8 Å². The maximum absolute atomic E-state index is 12.3. The number of carbonyl (C=O) groups excluding carboxylic acids is 2. The number of hydrogen-bond acceptors (Lipinski definition) is 4. The summed E-state index contributed by atoms with van der Waals surface area (Å²) < 4.78 is 0. The average Bonchev–Trinajstić information content (AvgIpc) is 2.65. The second kappa shape index (κ2) is 10.3. The number of pyridine rings is 1. The van der Waals surface area contributed by atoms with Gasteiger partial charge in [0.05, 0.1) is 0 Å². The van der Waals surface area contributed by atoms with E-state index in [9.17, 15) is 9.59 Å². The zero-order chi connectivity index (χ0) is 18.8. The van der Waals surface area contributed by atoms with Gasteiger partial charge in [-0.15, -0.1) is 0 Å². The van der Waals surface area contributed by atoms with E-state index in [2.05, 4.69) is 15.6 Å². The molecule has 2 rings (SSSR count). The third kappa shape index (κ3) is 6.29. The molecular weight excluding hydrogens is 328 g/mol. The molecule has 0 radical (unpaired) electrons. The van der Waals surface area contributed by atoms with Crippen LogP contribution in [0.4, 0.5) is 11.4 Å². The lowest BCUT2D eigenvalue weighted by molar-refractivity contribution is -0.116. The zero-order valence-electron chi connectivity index (χ0n) is 15.1. The van der Waals surface area contributed by atoms with Crippen molar-refractivity contribution in [2.75, 3.05) is 17.2 Å². The molecule has 1 aromatic carbocycles. The summed E-state index contributed by atoms with van der Waals surface area (Å²) in [7, 11) is 0. The van der Waals surface area contributed by atoms with Crippen molar-refractivity contribution in [3.8, 4) is 0 Å². The van der Waals surface area contributed by atoms with E-state index in [1.165, 1.54) is 0 Å². The molecule has 2 amide bonds. The molecule has 1 aromatic heterocycles. The third-order valence-electron chi connectivity index (χ3n) is 4.07. The Balaban J connectivity index is 1.92. The van der Waals surface area contributed by atoms with Crippen LogP contribution < -0.4 is 16.4 Å². The molecule has 0 saturated carbocycles. The van der Waals surface area contributed by atoms with Gasteiger partial charge < -0.3 is 16.4 Å². The number of carbonyl (C=O) groups is 2. The van der Waals surface area contributed by atoms with E-state index < -0.39 is 0 Å². The molecule has 0 aliphatic heterocycles. The second-order valence-electron chi connectivity index (χ2n) is 6.22. The Morgan fingerprint density at radius 2 is 1.73 bits per heavy atom. The van der Waals surface area contributed by atoms with Crippen LogP contribution in [0.1, 0.15) is 48.0 Å². The van der Waals surface area contributed by atoms with E-state index >= 15 is 0 Å². The average molecular weight is 354 g/mol. The lowest BCUT2D eigenvalue weighted by Gasteiger charge is -2.12. The van der Waals surface area contributed by atoms with Gasteiger partial charge in [-0.3, -0.25) is 14.6 Å².